The number of aromatic nitrogens is 5. The summed E-state index contributed by atoms with van der Waals surface area (Å²) < 4.78 is 20.2. The summed E-state index contributed by atoms with van der Waals surface area (Å²) >= 11 is 0. The molecular weight excluding hydrogens is 385 g/mol. The Labute approximate surface area is 163 Å². The predicted octanol–water partition coefficient (Wildman–Crippen LogP) is 0.845. The number of ketones is 1. The number of carbonyl (C=O) groups excluding carboxylic acids is 3. The van der Waals surface area contributed by atoms with Gasteiger partial charge in [-0.1, -0.05) is 0 Å². The highest BCUT2D eigenvalue weighted by Gasteiger charge is 2.37. The summed E-state index contributed by atoms with van der Waals surface area (Å²) in [6.45, 7) is 2.96. The first-order chi connectivity index (χ1) is 13.9. The minimum atomic E-state index is -1.29. The average Bonchev–Trinajstić information content (AvgIpc) is 3.33. The highest BCUT2D eigenvalue weighted by Crippen LogP contribution is 2.31. The number of alkyl halides is 1. The molecule has 0 aromatic carbocycles. The number of hydrogen-bond donors (Lipinski definition) is 0. The van der Waals surface area contributed by atoms with E-state index in [-0.39, 0.29) is 47.7 Å². The molecule has 1 aliphatic rings. The van der Waals surface area contributed by atoms with Gasteiger partial charge in [0.2, 0.25) is 5.65 Å². The molecule has 0 saturated carbocycles. The lowest BCUT2D eigenvalue weighted by Gasteiger charge is -2.07. The molecule has 1 atom stereocenters. The van der Waals surface area contributed by atoms with Crippen LogP contribution in [-0.2, 0) is 22.5 Å². The molecule has 29 heavy (non-hydrogen) atoms. The van der Waals surface area contributed by atoms with Gasteiger partial charge in [0.05, 0.1) is 18.7 Å². The molecule has 0 radical (unpaired) electrons. The van der Waals surface area contributed by atoms with Crippen molar-refractivity contribution in [1.82, 2.24) is 24.7 Å². The molecule has 3 aromatic heterocycles. The van der Waals surface area contributed by atoms with E-state index in [0.717, 1.165) is 4.85 Å². The second kappa shape index (κ2) is 7.08. The topological polar surface area (TPSA) is 118 Å². The van der Waals surface area contributed by atoms with Crippen molar-refractivity contribution in [3.05, 3.63) is 40.8 Å². The molecule has 1 unspecified atom stereocenters. The van der Waals surface area contributed by atoms with Gasteiger partial charge >= 0.3 is 11.9 Å². The van der Waals surface area contributed by atoms with Gasteiger partial charge in [0, 0.05) is 18.3 Å². The van der Waals surface area contributed by atoms with E-state index in [1.165, 1.54) is 17.7 Å². The number of Topliss-reactive ketones (excluding diaryl/α,β-unsaturated/α-hetero) is 1. The van der Waals surface area contributed by atoms with Gasteiger partial charge in [0.25, 0.3) is 5.78 Å². The van der Waals surface area contributed by atoms with Crippen LogP contribution in [0, 0.1) is 6.92 Å². The van der Waals surface area contributed by atoms with E-state index >= 15 is 0 Å². The Morgan fingerprint density at radius 2 is 2.14 bits per heavy atom. The van der Waals surface area contributed by atoms with Gasteiger partial charge in [-0.3, -0.25) is 4.79 Å². The molecule has 0 N–H and O–H groups in total. The normalized spacial score (nSPS) is 15.3. The summed E-state index contributed by atoms with van der Waals surface area (Å²) in [4.78, 5) is 47.5. The lowest BCUT2D eigenvalue weighted by molar-refractivity contribution is -0.137. The molecule has 1 aliphatic heterocycles. The number of hydrogen-bond acceptors (Lipinski definition) is 8. The van der Waals surface area contributed by atoms with Gasteiger partial charge in [-0.25, -0.2) is 19.0 Å². The molecule has 0 amide bonds. The largest absolute Gasteiger partial charge is 0.460 e. The molecule has 4 rings (SSSR count). The first-order valence-corrected chi connectivity index (χ1v) is 8.89. The third kappa shape index (κ3) is 3.04. The Balaban J connectivity index is 1.74. The van der Waals surface area contributed by atoms with Crippen molar-refractivity contribution in [2.24, 2.45) is 0 Å². The van der Waals surface area contributed by atoms with Crippen molar-refractivity contribution in [2.45, 2.75) is 33.0 Å². The van der Waals surface area contributed by atoms with E-state index in [0.29, 0.717) is 5.52 Å². The Bertz CT molecular complexity index is 1150. The third-order valence-electron chi connectivity index (χ3n) is 4.64. The average molecular weight is 401 g/mol. The van der Waals surface area contributed by atoms with E-state index < -0.39 is 23.9 Å². The van der Waals surface area contributed by atoms with Crippen LogP contribution in [0.25, 0.3) is 11.2 Å². The number of fused-ring (bicyclic) bond motifs is 2. The molecule has 0 spiro atoms. The van der Waals surface area contributed by atoms with Crippen LogP contribution in [0.3, 0.4) is 0 Å². The Morgan fingerprint density at radius 3 is 2.90 bits per heavy atom. The first kappa shape index (κ1) is 18.7. The van der Waals surface area contributed by atoms with Gasteiger partial charge < -0.3 is 14.1 Å². The molecular formula is C18H16FN5O5. The van der Waals surface area contributed by atoms with Crippen molar-refractivity contribution < 1.29 is 28.3 Å². The SMILES string of the molecule is CCOC(=O)C(=O)c1c(C)c(C(=O)On2nnc3cccnc32)n2c1CC(F)C2. The number of halogens is 1. The third-order valence-corrected chi connectivity index (χ3v) is 4.64. The van der Waals surface area contributed by atoms with Gasteiger partial charge in [-0.05, 0) is 41.6 Å². The van der Waals surface area contributed by atoms with Crippen LogP contribution in [-0.4, -0.2) is 55.2 Å². The second-order valence-corrected chi connectivity index (χ2v) is 6.44. The van der Waals surface area contributed by atoms with E-state index in [2.05, 4.69) is 15.3 Å². The van der Waals surface area contributed by atoms with E-state index in [4.69, 9.17) is 9.57 Å². The molecule has 10 nitrogen and oxygen atoms in total. The zero-order valence-corrected chi connectivity index (χ0v) is 15.6. The first-order valence-electron chi connectivity index (χ1n) is 8.89. The fourth-order valence-corrected chi connectivity index (χ4v) is 3.49. The Morgan fingerprint density at radius 1 is 1.34 bits per heavy atom. The van der Waals surface area contributed by atoms with Gasteiger partial charge in [-0.15, -0.1) is 5.10 Å². The summed E-state index contributed by atoms with van der Waals surface area (Å²) in [6, 6.07) is 3.30. The fourth-order valence-electron chi connectivity index (χ4n) is 3.49. The maximum atomic E-state index is 14.1. The minimum Gasteiger partial charge on any atom is -0.460 e. The monoisotopic (exact) mass is 401 g/mol. The van der Waals surface area contributed by atoms with E-state index in [1.54, 1.807) is 19.1 Å². The summed E-state index contributed by atoms with van der Waals surface area (Å²) in [7, 11) is 0. The van der Waals surface area contributed by atoms with Crippen LogP contribution >= 0.6 is 0 Å². The molecule has 0 aliphatic carbocycles. The number of nitrogens with zero attached hydrogens (tertiary/aromatic N) is 5. The standard InChI is InChI=1S/C18H16FN5O5/c1-3-28-18(27)15(25)13-9(2)14(23-8-10(19)7-12(13)23)17(26)29-24-16-11(21-22-24)5-4-6-20-16/h4-6,10H,3,7-8H2,1-2H3. The number of rotatable bonds is 5. The van der Waals surface area contributed by atoms with Crippen LogP contribution in [0.5, 0.6) is 0 Å². The van der Waals surface area contributed by atoms with Gasteiger partial charge in [0.15, 0.2) is 0 Å². The van der Waals surface area contributed by atoms with E-state index in [1.807, 2.05) is 0 Å². The zero-order valence-electron chi connectivity index (χ0n) is 15.6. The fraction of sp³-hybridized carbons (Fsp3) is 0.333. The molecule has 0 saturated heterocycles. The summed E-state index contributed by atoms with van der Waals surface area (Å²) in [5.74, 6) is -2.86. The van der Waals surface area contributed by atoms with Crippen molar-refractivity contribution in [3.63, 3.8) is 0 Å². The van der Waals surface area contributed by atoms with Crippen molar-refractivity contribution >= 4 is 28.9 Å². The summed E-state index contributed by atoms with van der Waals surface area (Å²) in [5, 5.41) is 7.57. The molecule has 4 heterocycles. The molecule has 11 heteroatoms. The van der Waals surface area contributed by atoms with Crippen molar-refractivity contribution in [3.8, 4) is 0 Å². The Kier molecular flexibility index (Phi) is 4.57. The number of pyridine rings is 1. The van der Waals surface area contributed by atoms with Crippen LogP contribution in [0.2, 0.25) is 0 Å². The smallest absolute Gasteiger partial charge is 0.382 e. The zero-order chi connectivity index (χ0) is 20.7. The predicted molar refractivity (Wildman–Crippen MR) is 95.0 cm³/mol. The summed E-state index contributed by atoms with van der Waals surface area (Å²) in [5.41, 5.74) is 1.05. The summed E-state index contributed by atoms with van der Waals surface area (Å²) in [6.07, 6.45) is 0.0995. The van der Waals surface area contributed by atoms with Crippen LogP contribution in [0.1, 0.15) is 39.0 Å². The lowest BCUT2D eigenvalue weighted by Crippen LogP contribution is -2.25. The number of esters is 1. The second-order valence-electron chi connectivity index (χ2n) is 6.44. The molecule has 0 fully saturated rings. The maximum absolute atomic E-state index is 14.1. The molecule has 3 aromatic rings. The molecule has 150 valence electrons. The lowest BCUT2D eigenvalue weighted by atomic mass is 10.0. The van der Waals surface area contributed by atoms with Crippen molar-refractivity contribution in [2.75, 3.05) is 6.61 Å². The highest BCUT2D eigenvalue weighted by molar-refractivity contribution is 6.41. The van der Waals surface area contributed by atoms with Crippen LogP contribution < -0.4 is 4.84 Å². The van der Waals surface area contributed by atoms with Gasteiger partial charge in [0.1, 0.15) is 17.4 Å². The quantitative estimate of drug-likeness (QED) is 0.267. The highest BCUT2D eigenvalue weighted by atomic mass is 19.1. The van der Waals surface area contributed by atoms with Crippen molar-refractivity contribution in [1.29, 1.82) is 0 Å². The number of carbonyl (C=O) groups is 3. The van der Waals surface area contributed by atoms with Crippen LogP contribution in [0.4, 0.5) is 4.39 Å². The molecule has 0 bridgehead atoms. The Hall–Kier alpha value is -3.63. The van der Waals surface area contributed by atoms with Gasteiger partial charge in [-0.2, -0.15) is 0 Å². The van der Waals surface area contributed by atoms with Crippen LogP contribution in [0.15, 0.2) is 18.3 Å². The van der Waals surface area contributed by atoms with E-state index in [9.17, 15) is 18.8 Å². The maximum Gasteiger partial charge on any atom is 0.382 e. The minimum absolute atomic E-state index is 0.0205. The number of ether oxygens (including phenoxy) is 1.